The first kappa shape index (κ1) is 22.8. The maximum absolute atomic E-state index is 10.9. The molecule has 2 bridgehead atoms. The van der Waals surface area contributed by atoms with E-state index >= 15 is 0 Å². The fraction of sp³-hybridized carbons (Fsp3) is 0.577. The maximum atomic E-state index is 10.9. The van der Waals surface area contributed by atoms with Gasteiger partial charge in [0.2, 0.25) is 0 Å². The first-order valence-electron chi connectivity index (χ1n) is 11.5. The molecular formula is C26H36O4. The van der Waals surface area contributed by atoms with Gasteiger partial charge in [-0.05, 0) is 50.0 Å². The Morgan fingerprint density at radius 1 is 1.20 bits per heavy atom. The summed E-state index contributed by atoms with van der Waals surface area (Å²) in [6.45, 7) is 2.16. The lowest BCUT2D eigenvalue weighted by atomic mass is 9.76. The van der Waals surface area contributed by atoms with E-state index in [0.29, 0.717) is 24.4 Å². The van der Waals surface area contributed by atoms with Crippen LogP contribution in [0.15, 0.2) is 54.6 Å². The Bertz CT molecular complexity index is 711. The van der Waals surface area contributed by atoms with Crippen molar-refractivity contribution in [3.63, 3.8) is 0 Å². The molecule has 1 aromatic rings. The first-order valence-corrected chi connectivity index (χ1v) is 11.5. The fourth-order valence-corrected chi connectivity index (χ4v) is 5.05. The van der Waals surface area contributed by atoms with Gasteiger partial charge in [-0.3, -0.25) is 4.79 Å². The van der Waals surface area contributed by atoms with Gasteiger partial charge in [0.05, 0.1) is 18.3 Å². The highest BCUT2D eigenvalue weighted by molar-refractivity contribution is 5.66. The monoisotopic (exact) mass is 412 g/mol. The van der Waals surface area contributed by atoms with Crippen LogP contribution in [0.1, 0.15) is 69.8 Å². The first-order chi connectivity index (χ1) is 14.6. The van der Waals surface area contributed by atoms with Gasteiger partial charge >= 0.3 is 5.97 Å². The number of hydrogen-bond donors (Lipinski definition) is 2. The topological polar surface area (TPSA) is 66.8 Å². The van der Waals surface area contributed by atoms with Crippen molar-refractivity contribution in [2.45, 2.75) is 82.5 Å². The van der Waals surface area contributed by atoms with Crippen molar-refractivity contribution in [3.8, 4) is 0 Å². The van der Waals surface area contributed by atoms with Crippen molar-refractivity contribution in [1.29, 1.82) is 0 Å². The van der Waals surface area contributed by atoms with Gasteiger partial charge in [0.15, 0.2) is 0 Å². The largest absolute Gasteiger partial charge is 0.481 e. The Kier molecular flexibility index (Phi) is 8.71. The molecule has 164 valence electrons. The molecular weight excluding hydrogens is 376 g/mol. The van der Waals surface area contributed by atoms with Crippen LogP contribution >= 0.6 is 0 Å². The Morgan fingerprint density at radius 3 is 2.70 bits per heavy atom. The van der Waals surface area contributed by atoms with Gasteiger partial charge < -0.3 is 14.9 Å². The lowest BCUT2D eigenvalue weighted by Gasteiger charge is -2.26. The average molecular weight is 413 g/mol. The molecule has 2 aliphatic rings. The van der Waals surface area contributed by atoms with Gasteiger partial charge in [-0.1, -0.05) is 68.0 Å². The summed E-state index contributed by atoms with van der Waals surface area (Å²) < 4.78 is 6.19. The van der Waals surface area contributed by atoms with Crippen LogP contribution in [0.4, 0.5) is 0 Å². The minimum absolute atomic E-state index is 0.125. The molecule has 0 spiro atoms. The van der Waals surface area contributed by atoms with Crippen LogP contribution in [0.25, 0.3) is 0 Å². The highest BCUT2D eigenvalue weighted by Gasteiger charge is 2.46. The van der Waals surface area contributed by atoms with E-state index < -0.39 is 12.1 Å². The van der Waals surface area contributed by atoms with E-state index in [1.54, 1.807) is 0 Å². The van der Waals surface area contributed by atoms with Crippen LogP contribution in [0, 0.1) is 11.8 Å². The van der Waals surface area contributed by atoms with E-state index in [1.807, 2.05) is 24.3 Å². The number of unbranched alkanes of at least 4 members (excludes halogenated alkanes) is 1. The molecule has 0 radical (unpaired) electrons. The zero-order chi connectivity index (χ0) is 21.3. The predicted molar refractivity (Wildman–Crippen MR) is 119 cm³/mol. The number of aliphatic carboxylic acids is 1. The Morgan fingerprint density at radius 2 is 1.97 bits per heavy atom. The summed E-state index contributed by atoms with van der Waals surface area (Å²) in [5, 5.41) is 19.7. The Hall–Kier alpha value is -1.91. The summed E-state index contributed by atoms with van der Waals surface area (Å²) in [6, 6.07) is 10.3. The minimum atomic E-state index is -0.731. The van der Waals surface area contributed by atoms with E-state index in [2.05, 4.69) is 37.3 Å². The van der Waals surface area contributed by atoms with Crippen LogP contribution in [0.2, 0.25) is 0 Å². The van der Waals surface area contributed by atoms with Gasteiger partial charge in [0, 0.05) is 18.3 Å². The third-order valence-corrected chi connectivity index (χ3v) is 6.59. The van der Waals surface area contributed by atoms with Crippen LogP contribution in [-0.4, -0.2) is 34.5 Å². The number of aliphatic hydroxyl groups excluding tert-OH is 1. The maximum Gasteiger partial charge on any atom is 0.303 e. The normalized spacial score (nSPS) is 27.8. The molecule has 0 saturated carbocycles. The second kappa shape index (κ2) is 11.5. The number of carboxylic acids is 1. The van der Waals surface area contributed by atoms with Gasteiger partial charge in [-0.25, -0.2) is 0 Å². The molecule has 30 heavy (non-hydrogen) atoms. The van der Waals surface area contributed by atoms with Crippen LogP contribution in [0.5, 0.6) is 0 Å². The number of benzene rings is 1. The second-order valence-corrected chi connectivity index (χ2v) is 8.71. The average Bonchev–Trinajstić information content (AvgIpc) is 3.35. The molecule has 4 nitrogen and oxygen atoms in total. The third kappa shape index (κ3) is 6.05. The summed E-state index contributed by atoms with van der Waals surface area (Å²) in [4.78, 5) is 10.6. The van der Waals surface area contributed by atoms with E-state index in [1.165, 1.54) is 5.56 Å². The molecule has 0 amide bonds. The van der Waals surface area contributed by atoms with E-state index in [4.69, 9.17) is 9.84 Å². The Labute approximate surface area is 180 Å². The van der Waals surface area contributed by atoms with Crippen molar-refractivity contribution >= 4 is 5.97 Å². The van der Waals surface area contributed by atoms with Crippen molar-refractivity contribution in [2.75, 3.05) is 0 Å². The molecule has 0 aromatic heterocycles. The lowest BCUT2D eigenvalue weighted by Crippen LogP contribution is -2.26. The van der Waals surface area contributed by atoms with E-state index in [0.717, 1.165) is 38.5 Å². The second-order valence-electron chi connectivity index (χ2n) is 8.71. The van der Waals surface area contributed by atoms with E-state index in [-0.39, 0.29) is 18.4 Å². The highest BCUT2D eigenvalue weighted by Crippen LogP contribution is 2.46. The molecule has 3 rings (SSSR count). The summed E-state index contributed by atoms with van der Waals surface area (Å²) >= 11 is 0. The SMILES string of the molecule is CCCC(c1ccccc1)C(O)C=C[C@H]1[C@@H](CC=CCCCC(=O)O)[C@H]2CC[C@@H]1O2. The minimum Gasteiger partial charge on any atom is -0.481 e. The van der Waals surface area contributed by atoms with Crippen LogP contribution < -0.4 is 0 Å². The van der Waals surface area contributed by atoms with Gasteiger partial charge in [0.1, 0.15) is 0 Å². The number of ether oxygens (including phenoxy) is 1. The number of fused-ring (bicyclic) bond motifs is 2. The summed E-state index contributed by atoms with van der Waals surface area (Å²) in [7, 11) is 0. The van der Waals surface area contributed by atoms with Crippen LogP contribution in [-0.2, 0) is 9.53 Å². The molecule has 2 saturated heterocycles. The van der Waals surface area contributed by atoms with Crippen molar-refractivity contribution in [2.24, 2.45) is 11.8 Å². The Balaban J connectivity index is 1.59. The zero-order valence-corrected chi connectivity index (χ0v) is 18.0. The van der Waals surface area contributed by atoms with Gasteiger partial charge in [-0.2, -0.15) is 0 Å². The van der Waals surface area contributed by atoms with Crippen molar-refractivity contribution in [3.05, 3.63) is 60.2 Å². The number of hydrogen-bond acceptors (Lipinski definition) is 3. The number of aliphatic hydroxyl groups is 1. The van der Waals surface area contributed by atoms with Crippen molar-refractivity contribution in [1.82, 2.24) is 0 Å². The third-order valence-electron chi connectivity index (χ3n) is 6.59. The van der Waals surface area contributed by atoms with E-state index in [9.17, 15) is 9.90 Å². The standard InChI is InChI=1S/C26H36O4/c1-2-10-20(19-11-6-5-7-12-19)23(27)16-15-22-21(24-17-18-25(22)30-24)13-8-3-4-9-14-26(28)29/h3,5-8,11-12,15-16,20-25,27H,2,4,9-10,13-14,17-18H2,1H3,(H,28,29)/t20?,21-,22+,23?,24-,25+/m1/s1. The quantitative estimate of drug-likeness (QED) is 0.352. The molecule has 2 aliphatic heterocycles. The fourth-order valence-electron chi connectivity index (χ4n) is 5.05. The number of carboxylic acid groups (broad SMARTS) is 1. The summed E-state index contributed by atoms with van der Waals surface area (Å²) in [5.74, 6) is 0.189. The number of allylic oxidation sites excluding steroid dienone is 2. The number of carbonyl (C=O) groups is 1. The summed E-state index contributed by atoms with van der Waals surface area (Å²) in [6.07, 6.45) is 15.5. The predicted octanol–water partition coefficient (Wildman–Crippen LogP) is 5.48. The lowest BCUT2D eigenvalue weighted by molar-refractivity contribution is -0.137. The van der Waals surface area contributed by atoms with Crippen molar-refractivity contribution < 1.29 is 19.7 Å². The molecule has 0 aliphatic carbocycles. The molecule has 2 heterocycles. The smallest absolute Gasteiger partial charge is 0.303 e. The summed E-state index contributed by atoms with van der Waals surface area (Å²) in [5.41, 5.74) is 1.20. The number of rotatable bonds is 12. The highest BCUT2D eigenvalue weighted by atomic mass is 16.5. The molecule has 1 aromatic carbocycles. The van der Waals surface area contributed by atoms with Gasteiger partial charge in [0.25, 0.3) is 0 Å². The molecule has 2 unspecified atom stereocenters. The molecule has 6 atom stereocenters. The molecule has 2 fully saturated rings. The van der Waals surface area contributed by atoms with Crippen LogP contribution in [0.3, 0.4) is 0 Å². The zero-order valence-electron chi connectivity index (χ0n) is 18.0. The molecule has 2 N–H and O–H groups in total. The molecule has 4 heteroatoms. The van der Waals surface area contributed by atoms with Gasteiger partial charge in [-0.15, -0.1) is 0 Å².